The molecule has 112 valence electrons. The van der Waals surface area contributed by atoms with Crippen LogP contribution in [-0.4, -0.2) is 25.7 Å². The molecule has 0 aliphatic rings. The van der Waals surface area contributed by atoms with Crippen molar-refractivity contribution in [2.24, 2.45) is 5.92 Å². The van der Waals surface area contributed by atoms with Crippen molar-refractivity contribution in [2.45, 2.75) is 33.7 Å². The minimum absolute atomic E-state index is 0.0959. The maximum absolute atomic E-state index is 11.3. The first-order chi connectivity index (χ1) is 9.52. The SMILES string of the molecule is CCOC(=O)CNC(C)c1ccc(OCC(C)C)cc1. The Labute approximate surface area is 121 Å². The van der Waals surface area contributed by atoms with E-state index in [9.17, 15) is 4.79 Å². The number of esters is 1. The monoisotopic (exact) mass is 279 g/mol. The van der Waals surface area contributed by atoms with Gasteiger partial charge in [0.05, 0.1) is 19.8 Å². The van der Waals surface area contributed by atoms with Crippen LogP contribution in [0.5, 0.6) is 5.75 Å². The van der Waals surface area contributed by atoms with Crippen molar-refractivity contribution in [3.05, 3.63) is 29.8 Å². The fourth-order valence-corrected chi connectivity index (χ4v) is 1.68. The van der Waals surface area contributed by atoms with E-state index < -0.39 is 0 Å². The van der Waals surface area contributed by atoms with Crippen LogP contribution in [0.3, 0.4) is 0 Å². The number of carbonyl (C=O) groups excluding carboxylic acids is 1. The van der Waals surface area contributed by atoms with E-state index in [2.05, 4.69) is 19.2 Å². The molecule has 0 radical (unpaired) electrons. The Kier molecular flexibility index (Phi) is 7.09. The smallest absolute Gasteiger partial charge is 0.319 e. The minimum Gasteiger partial charge on any atom is -0.493 e. The van der Waals surface area contributed by atoms with Crippen LogP contribution in [-0.2, 0) is 9.53 Å². The summed E-state index contributed by atoms with van der Waals surface area (Å²) in [5, 5.41) is 3.14. The van der Waals surface area contributed by atoms with Crippen LogP contribution in [0.1, 0.15) is 39.3 Å². The predicted molar refractivity (Wildman–Crippen MR) is 79.8 cm³/mol. The molecular weight excluding hydrogens is 254 g/mol. The highest BCUT2D eigenvalue weighted by Crippen LogP contribution is 2.18. The Bertz CT molecular complexity index is 401. The Hall–Kier alpha value is -1.55. The third-order valence-corrected chi connectivity index (χ3v) is 2.82. The Morgan fingerprint density at radius 2 is 1.85 bits per heavy atom. The van der Waals surface area contributed by atoms with Crippen LogP contribution in [0.2, 0.25) is 0 Å². The lowest BCUT2D eigenvalue weighted by Gasteiger charge is -2.15. The topological polar surface area (TPSA) is 47.6 Å². The van der Waals surface area contributed by atoms with Crippen LogP contribution in [0.4, 0.5) is 0 Å². The zero-order chi connectivity index (χ0) is 15.0. The lowest BCUT2D eigenvalue weighted by Crippen LogP contribution is -2.27. The molecule has 0 saturated carbocycles. The van der Waals surface area contributed by atoms with Crippen LogP contribution in [0.25, 0.3) is 0 Å². The second kappa shape index (κ2) is 8.59. The molecule has 4 heteroatoms. The first kappa shape index (κ1) is 16.5. The van der Waals surface area contributed by atoms with E-state index >= 15 is 0 Å². The highest BCUT2D eigenvalue weighted by atomic mass is 16.5. The quantitative estimate of drug-likeness (QED) is 0.743. The maximum atomic E-state index is 11.3. The molecule has 0 saturated heterocycles. The zero-order valence-corrected chi connectivity index (χ0v) is 12.8. The Balaban J connectivity index is 2.44. The van der Waals surface area contributed by atoms with Crippen LogP contribution in [0, 0.1) is 5.92 Å². The van der Waals surface area contributed by atoms with E-state index in [0.717, 1.165) is 17.9 Å². The third-order valence-electron chi connectivity index (χ3n) is 2.82. The van der Waals surface area contributed by atoms with Gasteiger partial charge in [-0.1, -0.05) is 26.0 Å². The molecule has 1 atom stereocenters. The number of hydrogen-bond acceptors (Lipinski definition) is 4. The summed E-state index contributed by atoms with van der Waals surface area (Å²) in [5.41, 5.74) is 1.12. The molecular formula is C16H25NO3. The van der Waals surface area contributed by atoms with Gasteiger partial charge in [-0.15, -0.1) is 0 Å². The number of benzene rings is 1. The van der Waals surface area contributed by atoms with Crippen molar-refractivity contribution in [2.75, 3.05) is 19.8 Å². The Morgan fingerprint density at radius 1 is 1.20 bits per heavy atom. The lowest BCUT2D eigenvalue weighted by molar-refractivity contribution is -0.142. The van der Waals surface area contributed by atoms with Gasteiger partial charge < -0.3 is 14.8 Å². The molecule has 0 heterocycles. The van der Waals surface area contributed by atoms with E-state index in [4.69, 9.17) is 9.47 Å². The predicted octanol–water partition coefficient (Wildman–Crippen LogP) is 2.94. The van der Waals surface area contributed by atoms with Gasteiger partial charge in [0.25, 0.3) is 0 Å². The van der Waals surface area contributed by atoms with E-state index in [1.54, 1.807) is 6.92 Å². The zero-order valence-electron chi connectivity index (χ0n) is 12.8. The van der Waals surface area contributed by atoms with Gasteiger partial charge >= 0.3 is 5.97 Å². The largest absolute Gasteiger partial charge is 0.493 e. The molecule has 1 rings (SSSR count). The summed E-state index contributed by atoms with van der Waals surface area (Å²) in [6.07, 6.45) is 0. The fraction of sp³-hybridized carbons (Fsp3) is 0.562. The molecule has 0 aliphatic carbocycles. The van der Waals surface area contributed by atoms with Gasteiger partial charge in [-0.2, -0.15) is 0 Å². The molecule has 0 fully saturated rings. The first-order valence-electron chi connectivity index (χ1n) is 7.14. The first-order valence-corrected chi connectivity index (χ1v) is 7.14. The minimum atomic E-state index is -0.226. The second-order valence-electron chi connectivity index (χ2n) is 5.18. The molecule has 0 bridgehead atoms. The lowest BCUT2D eigenvalue weighted by atomic mass is 10.1. The van der Waals surface area contributed by atoms with Crippen molar-refractivity contribution in [1.29, 1.82) is 0 Å². The van der Waals surface area contributed by atoms with Crippen molar-refractivity contribution in [1.82, 2.24) is 5.32 Å². The van der Waals surface area contributed by atoms with Gasteiger partial charge in [0, 0.05) is 6.04 Å². The number of hydrogen-bond donors (Lipinski definition) is 1. The van der Waals surface area contributed by atoms with E-state index in [0.29, 0.717) is 12.5 Å². The summed E-state index contributed by atoms with van der Waals surface area (Å²) in [6.45, 7) is 9.42. The number of nitrogens with one attached hydrogen (secondary N) is 1. The highest BCUT2D eigenvalue weighted by molar-refractivity contribution is 5.71. The number of carbonyl (C=O) groups is 1. The van der Waals surface area contributed by atoms with E-state index in [-0.39, 0.29) is 18.6 Å². The van der Waals surface area contributed by atoms with Gasteiger partial charge in [0.1, 0.15) is 5.75 Å². The molecule has 0 spiro atoms. The molecule has 4 nitrogen and oxygen atoms in total. The molecule has 1 unspecified atom stereocenters. The Morgan fingerprint density at radius 3 is 2.40 bits per heavy atom. The van der Waals surface area contributed by atoms with Crippen molar-refractivity contribution in [3.63, 3.8) is 0 Å². The number of ether oxygens (including phenoxy) is 2. The summed E-state index contributed by atoms with van der Waals surface area (Å²) in [7, 11) is 0. The molecule has 1 N–H and O–H groups in total. The van der Waals surface area contributed by atoms with Crippen LogP contribution >= 0.6 is 0 Å². The third kappa shape index (κ3) is 6.06. The van der Waals surface area contributed by atoms with E-state index in [1.807, 2.05) is 31.2 Å². The van der Waals surface area contributed by atoms with Crippen molar-refractivity contribution in [3.8, 4) is 5.75 Å². The average molecular weight is 279 g/mol. The van der Waals surface area contributed by atoms with Gasteiger partial charge in [0.2, 0.25) is 0 Å². The maximum Gasteiger partial charge on any atom is 0.319 e. The van der Waals surface area contributed by atoms with Gasteiger partial charge in [-0.25, -0.2) is 0 Å². The average Bonchev–Trinajstić information content (AvgIpc) is 2.43. The van der Waals surface area contributed by atoms with Crippen molar-refractivity contribution < 1.29 is 14.3 Å². The molecule has 0 aromatic heterocycles. The van der Waals surface area contributed by atoms with Crippen LogP contribution < -0.4 is 10.1 Å². The standard InChI is InChI=1S/C16H25NO3/c1-5-19-16(18)10-17-13(4)14-6-8-15(9-7-14)20-11-12(2)3/h6-9,12-13,17H,5,10-11H2,1-4H3. The normalized spacial score (nSPS) is 12.2. The van der Waals surface area contributed by atoms with Gasteiger partial charge in [-0.05, 0) is 37.5 Å². The molecule has 20 heavy (non-hydrogen) atoms. The van der Waals surface area contributed by atoms with Crippen LogP contribution in [0.15, 0.2) is 24.3 Å². The summed E-state index contributed by atoms with van der Waals surface area (Å²) in [6, 6.07) is 8.04. The molecule has 0 amide bonds. The van der Waals surface area contributed by atoms with Gasteiger partial charge in [0.15, 0.2) is 0 Å². The summed E-state index contributed by atoms with van der Waals surface area (Å²) in [4.78, 5) is 11.3. The molecule has 0 aliphatic heterocycles. The molecule has 1 aromatic carbocycles. The van der Waals surface area contributed by atoms with E-state index in [1.165, 1.54) is 0 Å². The summed E-state index contributed by atoms with van der Waals surface area (Å²) in [5.74, 6) is 1.16. The fourth-order valence-electron chi connectivity index (χ4n) is 1.68. The molecule has 1 aromatic rings. The van der Waals surface area contributed by atoms with Crippen molar-refractivity contribution >= 4 is 5.97 Å². The summed E-state index contributed by atoms with van der Waals surface area (Å²) >= 11 is 0. The second-order valence-corrected chi connectivity index (χ2v) is 5.18. The summed E-state index contributed by atoms with van der Waals surface area (Å²) < 4.78 is 10.5. The van der Waals surface area contributed by atoms with Gasteiger partial charge in [-0.3, -0.25) is 4.79 Å². The highest BCUT2D eigenvalue weighted by Gasteiger charge is 2.08. The number of rotatable bonds is 8.